The third-order valence-corrected chi connectivity index (χ3v) is 4.88. The molecule has 0 saturated carbocycles. The number of nitrogens with one attached hydrogen (secondary N) is 1. The molecule has 4 aromatic rings. The zero-order valence-corrected chi connectivity index (χ0v) is 17.6. The zero-order valence-electron chi connectivity index (χ0n) is 17.6. The maximum atomic E-state index is 12.5. The first-order valence-corrected chi connectivity index (χ1v) is 10.3. The van der Waals surface area contributed by atoms with Gasteiger partial charge in [-0.2, -0.15) is 9.97 Å². The van der Waals surface area contributed by atoms with Crippen molar-refractivity contribution in [2.45, 2.75) is 33.2 Å². The quantitative estimate of drug-likeness (QED) is 0.418. The Bertz CT molecular complexity index is 1230. The van der Waals surface area contributed by atoms with Gasteiger partial charge in [-0.15, -0.1) is 0 Å². The van der Waals surface area contributed by atoms with E-state index in [0.717, 1.165) is 29.9 Å². The molecular weight excluding hydrogens is 394 g/mol. The highest BCUT2D eigenvalue weighted by Gasteiger charge is 2.15. The van der Waals surface area contributed by atoms with E-state index >= 15 is 0 Å². The minimum absolute atomic E-state index is 0.174. The summed E-state index contributed by atoms with van der Waals surface area (Å²) in [5.41, 5.74) is 8.63. The minimum Gasteiger partial charge on any atom is -0.463 e. The molecule has 2 heterocycles. The van der Waals surface area contributed by atoms with Gasteiger partial charge in [-0.1, -0.05) is 43.2 Å². The highest BCUT2D eigenvalue weighted by Crippen LogP contribution is 2.23. The number of rotatable bonds is 8. The number of aryl methyl sites for hydroxylation is 1. The summed E-state index contributed by atoms with van der Waals surface area (Å²) in [7, 11) is 0. The lowest BCUT2D eigenvalue weighted by Crippen LogP contribution is -2.17. The number of nitrogen functional groups attached to an aromatic ring is 1. The fraction of sp³-hybridized carbons (Fsp3) is 0.261. The second-order valence-electron chi connectivity index (χ2n) is 7.37. The van der Waals surface area contributed by atoms with Gasteiger partial charge in [0.15, 0.2) is 11.5 Å². The topological polar surface area (TPSA) is 108 Å². The lowest BCUT2D eigenvalue weighted by Gasteiger charge is -2.08. The number of H-pyrrole nitrogens is 1. The Balaban J connectivity index is 1.55. The molecule has 2 aromatic heterocycles. The van der Waals surface area contributed by atoms with Gasteiger partial charge in [0.1, 0.15) is 17.0 Å². The fourth-order valence-corrected chi connectivity index (χ4v) is 3.14. The highest BCUT2D eigenvalue weighted by molar-refractivity contribution is 5.81. The van der Waals surface area contributed by atoms with Crippen molar-refractivity contribution in [2.75, 3.05) is 12.3 Å². The van der Waals surface area contributed by atoms with E-state index in [1.807, 2.05) is 55.5 Å². The summed E-state index contributed by atoms with van der Waals surface area (Å²) in [6.45, 7) is 4.93. The summed E-state index contributed by atoms with van der Waals surface area (Å²) < 4.78 is 13.0. The van der Waals surface area contributed by atoms with E-state index in [0.29, 0.717) is 24.3 Å². The first-order chi connectivity index (χ1) is 15.0. The molecule has 3 N–H and O–H groups in total. The van der Waals surface area contributed by atoms with Crippen LogP contribution >= 0.6 is 0 Å². The molecule has 0 saturated heterocycles. The number of anilines is 1. The van der Waals surface area contributed by atoms with E-state index in [-0.39, 0.29) is 17.5 Å². The lowest BCUT2D eigenvalue weighted by atomic mass is 10.2. The Morgan fingerprint density at radius 2 is 1.71 bits per heavy atom. The number of aromatic nitrogens is 4. The van der Waals surface area contributed by atoms with Gasteiger partial charge < -0.3 is 20.2 Å². The number of aromatic amines is 1. The molecule has 4 rings (SSSR count). The van der Waals surface area contributed by atoms with Crippen LogP contribution in [-0.2, 0) is 6.54 Å². The summed E-state index contributed by atoms with van der Waals surface area (Å²) in [6.07, 6.45) is 1.88. The van der Waals surface area contributed by atoms with Gasteiger partial charge in [0.05, 0.1) is 13.2 Å². The van der Waals surface area contributed by atoms with Gasteiger partial charge in [0.25, 0.3) is 0 Å². The van der Waals surface area contributed by atoms with Gasteiger partial charge in [0.2, 0.25) is 0 Å². The van der Waals surface area contributed by atoms with Crippen molar-refractivity contribution in [3.8, 4) is 17.5 Å². The van der Waals surface area contributed by atoms with E-state index in [1.165, 1.54) is 10.1 Å². The Hall–Kier alpha value is -3.81. The maximum Gasteiger partial charge on any atom is 0.328 e. The Kier molecular flexibility index (Phi) is 5.88. The van der Waals surface area contributed by atoms with Crippen molar-refractivity contribution < 1.29 is 9.47 Å². The number of benzene rings is 2. The van der Waals surface area contributed by atoms with Crippen molar-refractivity contribution in [1.29, 1.82) is 0 Å². The third kappa shape index (κ3) is 4.69. The Labute approximate surface area is 179 Å². The fourth-order valence-electron chi connectivity index (χ4n) is 3.14. The average Bonchev–Trinajstić information content (AvgIpc) is 3.07. The number of hydrogen-bond donors (Lipinski definition) is 2. The predicted molar refractivity (Wildman–Crippen MR) is 120 cm³/mol. The van der Waals surface area contributed by atoms with E-state index in [1.54, 1.807) is 0 Å². The average molecular weight is 419 g/mol. The molecule has 0 atom stereocenters. The van der Waals surface area contributed by atoms with Crippen molar-refractivity contribution in [2.24, 2.45) is 0 Å². The van der Waals surface area contributed by atoms with E-state index in [2.05, 4.69) is 21.9 Å². The smallest absolute Gasteiger partial charge is 0.328 e. The Morgan fingerprint density at radius 1 is 1.03 bits per heavy atom. The number of ether oxygens (including phenoxy) is 2. The molecule has 0 aliphatic rings. The second kappa shape index (κ2) is 8.91. The molecule has 8 heteroatoms. The van der Waals surface area contributed by atoms with E-state index < -0.39 is 0 Å². The van der Waals surface area contributed by atoms with E-state index in [9.17, 15) is 4.79 Å². The number of hydrogen-bond acceptors (Lipinski definition) is 6. The predicted octanol–water partition coefficient (Wildman–Crippen LogP) is 4.03. The molecule has 0 aliphatic heterocycles. The molecule has 0 spiro atoms. The highest BCUT2D eigenvalue weighted by atomic mass is 16.5. The van der Waals surface area contributed by atoms with Crippen LogP contribution < -0.4 is 20.9 Å². The Morgan fingerprint density at radius 3 is 2.39 bits per heavy atom. The van der Waals surface area contributed by atoms with Crippen LogP contribution in [0, 0.1) is 6.92 Å². The summed E-state index contributed by atoms with van der Waals surface area (Å²) in [4.78, 5) is 23.8. The molecule has 0 radical (unpaired) electrons. The third-order valence-electron chi connectivity index (χ3n) is 4.88. The molecule has 0 fully saturated rings. The summed E-state index contributed by atoms with van der Waals surface area (Å²) in [6, 6.07) is 15.6. The first-order valence-electron chi connectivity index (χ1n) is 10.3. The van der Waals surface area contributed by atoms with Crippen LogP contribution in [-0.4, -0.2) is 26.1 Å². The van der Waals surface area contributed by atoms with Crippen LogP contribution in [0.4, 0.5) is 5.82 Å². The number of imidazole rings is 1. The standard InChI is InChI=1S/C23H25N5O3/c1-3-4-13-30-22-26-20(24)19-21(27-22)28(23(29)25-19)14-16-7-11-18(12-8-16)31-17-9-5-15(2)6-10-17/h5-12H,3-4,13-14H2,1-2H3,(H,25,29)(H2,24,26,27). The maximum absolute atomic E-state index is 12.5. The van der Waals surface area contributed by atoms with Crippen LogP contribution in [0.1, 0.15) is 30.9 Å². The summed E-state index contributed by atoms with van der Waals surface area (Å²) >= 11 is 0. The zero-order chi connectivity index (χ0) is 21.8. The molecule has 160 valence electrons. The largest absolute Gasteiger partial charge is 0.463 e. The normalized spacial score (nSPS) is 11.0. The van der Waals surface area contributed by atoms with Crippen molar-refractivity contribution >= 4 is 17.0 Å². The lowest BCUT2D eigenvalue weighted by molar-refractivity contribution is 0.286. The monoisotopic (exact) mass is 419 g/mol. The van der Waals surface area contributed by atoms with Gasteiger partial charge in [-0.3, -0.25) is 4.57 Å². The van der Waals surface area contributed by atoms with Crippen LogP contribution in [0.2, 0.25) is 0 Å². The van der Waals surface area contributed by atoms with Gasteiger partial charge in [-0.25, -0.2) is 4.79 Å². The molecule has 8 nitrogen and oxygen atoms in total. The molecule has 0 aliphatic carbocycles. The van der Waals surface area contributed by atoms with Gasteiger partial charge >= 0.3 is 11.7 Å². The van der Waals surface area contributed by atoms with Gasteiger partial charge in [0, 0.05) is 0 Å². The summed E-state index contributed by atoms with van der Waals surface area (Å²) in [5, 5.41) is 0. The molecule has 0 bridgehead atoms. The van der Waals surface area contributed by atoms with Gasteiger partial charge in [-0.05, 0) is 43.2 Å². The molecule has 0 unspecified atom stereocenters. The van der Waals surface area contributed by atoms with Crippen LogP contribution in [0.5, 0.6) is 17.5 Å². The number of fused-ring (bicyclic) bond motifs is 1. The van der Waals surface area contributed by atoms with Crippen LogP contribution in [0.25, 0.3) is 11.2 Å². The molecule has 2 aromatic carbocycles. The summed E-state index contributed by atoms with van der Waals surface area (Å²) in [5.74, 6) is 1.68. The SMILES string of the molecule is CCCCOc1nc(N)c2[nH]c(=O)n(Cc3ccc(Oc4ccc(C)cc4)cc3)c2n1. The first kappa shape index (κ1) is 20.5. The van der Waals surface area contributed by atoms with Crippen molar-refractivity contribution in [3.05, 3.63) is 70.1 Å². The minimum atomic E-state index is -0.304. The second-order valence-corrected chi connectivity index (χ2v) is 7.37. The molecule has 0 amide bonds. The van der Waals surface area contributed by atoms with E-state index in [4.69, 9.17) is 15.2 Å². The van der Waals surface area contributed by atoms with Crippen molar-refractivity contribution in [3.63, 3.8) is 0 Å². The number of nitrogens with zero attached hydrogens (tertiary/aromatic N) is 3. The molecular formula is C23H25N5O3. The van der Waals surface area contributed by atoms with Crippen LogP contribution in [0.3, 0.4) is 0 Å². The van der Waals surface area contributed by atoms with Crippen LogP contribution in [0.15, 0.2) is 53.3 Å². The molecule has 31 heavy (non-hydrogen) atoms. The number of unbranched alkanes of at least 4 members (excludes halogenated alkanes) is 1. The van der Waals surface area contributed by atoms with Crippen molar-refractivity contribution in [1.82, 2.24) is 19.5 Å². The number of nitrogens with two attached hydrogens (primary N) is 1.